The lowest BCUT2D eigenvalue weighted by molar-refractivity contribution is 0.635. The van der Waals surface area contributed by atoms with Crippen LogP contribution in [0.5, 0.6) is 0 Å². The Morgan fingerprint density at radius 2 is 2.06 bits per heavy atom. The number of hydrogen-bond acceptors (Lipinski definition) is 5. The van der Waals surface area contributed by atoms with Crippen LogP contribution in [0.4, 0.5) is 11.6 Å². The molecule has 0 radical (unpaired) electrons. The van der Waals surface area contributed by atoms with Gasteiger partial charge in [0.05, 0.1) is 30.8 Å². The van der Waals surface area contributed by atoms with Crippen molar-refractivity contribution in [2.24, 2.45) is 0 Å². The van der Waals surface area contributed by atoms with E-state index in [2.05, 4.69) is 20.4 Å². The molecular formula is C10H14N6. The summed E-state index contributed by atoms with van der Waals surface area (Å²) in [6.45, 7) is 3.52. The maximum Gasteiger partial charge on any atom is 0.222 e. The third-order valence-electron chi connectivity index (χ3n) is 2.06. The molecule has 0 bridgehead atoms. The molecule has 0 aliphatic carbocycles. The third kappa shape index (κ3) is 2.69. The average molecular weight is 218 g/mol. The molecule has 0 aliphatic heterocycles. The smallest absolute Gasteiger partial charge is 0.222 e. The number of rotatable bonds is 4. The molecule has 0 amide bonds. The van der Waals surface area contributed by atoms with Crippen LogP contribution in [0, 0.1) is 6.92 Å². The molecule has 0 fully saturated rings. The molecule has 0 spiro atoms. The Labute approximate surface area is 93.5 Å². The van der Waals surface area contributed by atoms with Crippen molar-refractivity contribution < 1.29 is 0 Å². The quantitative estimate of drug-likeness (QED) is 0.788. The number of nitrogen functional groups attached to an aromatic ring is 1. The van der Waals surface area contributed by atoms with Crippen molar-refractivity contribution in [3.05, 3.63) is 30.4 Å². The van der Waals surface area contributed by atoms with Crippen LogP contribution in [-0.2, 0) is 6.54 Å². The highest BCUT2D eigenvalue weighted by atomic mass is 15.3. The summed E-state index contributed by atoms with van der Waals surface area (Å²) in [5.74, 6) is 0.582. The number of nitrogens with one attached hydrogen (secondary N) is 1. The Morgan fingerprint density at radius 3 is 2.69 bits per heavy atom. The molecule has 0 saturated heterocycles. The predicted octanol–water partition coefficient (Wildman–Crippen LogP) is 0.676. The Kier molecular flexibility index (Phi) is 3.00. The summed E-state index contributed by atoms with van der Waals surface area (Å²) in [7, 11) is 0. The molecule has 2 rings (SSSR count). The molecule has 2 aromatic heterocycles. The summed E-state index contributed by atoms with van der Waals surface area (Å²) in [6, 6.07) is 0. The standard InChI is InChI=1S/C10H14N6/c1-8-4-15-16(7-8)3-2-12-10-13-5-9(11)6-14-10/h4-7H,2-3,11H2,1H3,(H,12,13,14). The minimum absolute atomic E-state index is 0.563. The Morgan fingerprint density at radius 1 is 1.31 bits per heavy atom. The van der Waals surface area contributed by atoms with Crippen molar-refractivity contribution >= 4 is 11.6 Å². The maximum atomic E-state index is 5.48. The molecule has 6 nitrogen and oxygen atoms in total. The van der Waals surface area contributed by atoms with Gasteiger partial charge in [-0.1, -0.05) is 0 Å². The first-order valence-corrected chi connectivity index (χ1v) is 5.04. The molecule has 3 N–H and O–H groups in total. The van der Waals surface area contributed by atoms with E-state index in [1.807, 2.05) is 24.0 Å². The second-order valence-corrected chi connectivity index (χ2v) is 3.55. The summed E-state index contributed by atoms with van der Waals surface area (Å²) in [6.07, 6.45) is 6.98. The number of nitrogens with two attached hydrogens (primary N) is 1. The molecule has 16 heavy (non-hydrogen) atoms. The topological polar surface area (TPSA) is 81.7 Å². The van der Waals surface area contributed by atoms with Crippen LogP contribution >= 0.6 is 0 Å². The first kappa shape index (κ1) is 10.4. The minimum atomic E-state index is 0.563. The van der Waals surface area contributed by atoms with Crippen LogP contribution in [0.25, 0.3) is 0 Å². The molecule has 0 atom stereocenters. The van der Waals surface area contributed by atoms with Crippen molar-refractivity contribution in [1.29, 1.82) is 0 Å². The molecule has 84 valence electrons. The van der Waals surface area contributed by atoms with Crippen LogP contribution in [-0.4, -0.2) is 26.3 Å². The Bertz CT molecular complexity index is 447. The van der Waals surface area contributed by atoms with E-state index < -0.39 is 0 Å². The zero-order valence-electron chi connectivity index (χ0n) is 9.09. The predicted molar refractivity (Wildman–Crippen MR) is 61.9 cm³/mol. The van der Waals surface area contributed by atoms with Crippen molar-refractivity contribution in [2.75, 3.05) is 17.6 Å². The number of aryl methyl sites for hydroxylation is 1. The Hall–Kier alpha value is -2.11. The van der Waals surface area contributed by atoms with Gasteiger partial charge in [0.2, 0.25) is 5.95 Å². The number of aromatic nitrogens is 4. The summed E-state index contributed by atoms with van der Waals surface area (Å²) >= 11 is 0. The van der Waals surface area contributed by atoms with E-state index in [4.69, 9.17) is 5.73 Å². The van der Waals surface area contributed by atoms with Crippen LogP contribution in [0.1, 0.15) is 5.56 Å². The first-order valence-electron chi connectivity index (χ1n) is 5.04. The first-order chi connectivity index (χ1) is 7.74. The molecule has 2 heterocycles. The fourth-order valence-corrected chi connectivity index (χ4v) is 1.30. The minimum Gasteiger partial charge on any atom is -0.396 e. The molecule has 0 aliphatic rings. The van der Waals surface area contributed by atoms with Crippen molar-refractivity contribution in [3.8, 4) is 0 Å². The van der Waals surface area contributed by atoms with E-state index in [0.717, 1.165) is 18.7 Å². The van der Waals surface area contributed by atoms with Gasteiger partial charge < -0.3 is 11.1 Å². The van der Waals surface area contributed by atoms with E-state index in [-0.39, 0.29) is 0 Å². The molecule has 6 heteroatoms. The van der Waals surface area contributed by atoms with Crippen LogP contribution in [0.2, 0.25) is 0 Å². The summed E-state index contributed by atoms with van der Waals surface area (Å²) < 4.78 is 1.87. The highest BCUT2D eigenvalue weighted by molar-refractivity contribution is 5.35. The van der Waals surface area contributed by atoms with Gasteiger partial charge in [0.15, 0.2) is 0 Å². The highest BCUT2D eigenvalue weighted by Gasteiger charge is 1.96. The summed E-state index contributed by atoms with van der Waals surface area (Å²) in [5.41, 5.74) is 7.20. The number of anilines is 2. The lowest BCUT2D eigenvalue weighted by Gasteiger charge is -2.04. The van der Waals surface area contributed by atoms with Gasteiger partial charge in [0.25, 0.3) is 0 Å². The van der Waals surface area contributed by atoms with E-state index in [9.17, 15) is 0 Å². The van der Waals surface area contributed by atoms with Crippen LogP contribution < -0.4 is 11.1 Å². The molecular weight excluding hydrogens is 204 g/mol. The van der Waals surface area contributed by atoms with E-state index in [0.29, 0.717) is 11.6 Å². The Balaban J connectivity index is 1.82. The average Bonchev–Trinajstić information content (AvgIpc) is 2.67. The van der Waals surface area contributed by atoms with Gasteiger partial charge in [0.1, 0.15) is 0 Å². The fraction of sp³-hybridized carbons (Fsp3) is 0.300. The van der Waals surface area contributed by atoms with Gasteiger partial charge in [-0.05, 0) is 12.5 Å². The normalized spacial score (nSPS) is 10.3. The van der Waals surface area contributed by atoms with Gasteiger partial charge in [0, 0.05) is 12.7 Å². The van der Waals surface area contributed by atoms with Crippen LogP contribution in [0.3, 0.4) is 0 Å². The monoisotopic (exact) mass is 218 g/mol. The third-order valence-corrected chi connectivity index (χ3v) is 2.06. The summed E-state index contributed by atoms with van der Waals surface area (Å²) in [5, 5.41) is 7.27. The summed E-state index contributed by atoms with van der Waals surface area (Å²) in [4.78, 5) is 8.08. The van der Waals surface area contributed by atoms with Crippen molar-refractivity contribution in [3.63, 3.8) is 0 Å². The number of hydrogen-bond donors (Lipinski definition) is 2. The zero-order valence-corrected chi connectivity index (χ0v) is 9.09. The molecule has 0 aromatic carbocycles. The molecule has 0 saturated carbocycles. The van der Waals surface area contributed by atoms with Crippen LogP contribution in [0.15, 0.2) is 24.8 Å². The lowest BCUT2D eigenvalue weighted by Crippen LogP contribution is -2.12. The van der Waals surface area contributed by atoms with Gasteiger partial charge in [-0.2, -0.15) is 5.10 Å². The van der Waals surface area contributed by atoms with Crippen molar-refractivity contribution in [2.45, 2.75) is 13.5 Å². The van der Waals surface area contributed by atoms with Gasteiger partial charge in [-0.15, -0.1) is 0 Å². The van der Waals surface area contributed by atoms with E-state index >= 15 is 0 Å². The largest absolute Gasteiger partial charge is 0.396 e. The fourth-order valence-electron chi connectivity index (χ4n) is 1.30. The SMILES string of the molecule is Cc1cnn(CCNc2ncc(N)cn2)c1. The van der Waals surface area contributed by atoms with Gasteiger partial charge in [-0.3, -0.25) is 4.68 Å². The van der Waals surface area contributed by atoms with E-state index in [1.54, 1.807) is 12.4 Å². The molecule has 0 unspecified atom stereocenters. The maximum absolute atomic E-state index is 5.48. The second-order valence-electron chi connectivity index (χ2n) is 3.55. The van der Waals surface area contributed by atoms with Gasteiger partial charge in [-0.25, -0.2) is 9.97 Å². The van der Waals surface area contributed by atoms with E-state index in [1.165, 1.54) is 0 Å². The lowest BCUT2D eigenvalue weighted by atomic mass is 10.4. The molecule has 2 aromatic rings. The zero-order chi connectivity index (χ0) is 11.4. The highest BCUT2D eigenvalue weighted by Crippen LogP contribution is 2.00. The number of nitrogens with zero attached hydrogens (tertiary/aromatic N) is 4. The van der Waals surface area contributed by atoms with Crippen molar-refractivity contribution in [1.82, 2.24) is 19.7 Å². The van der Waals surface area contributed by atoms with Gasteiger partial charge >= 0.3 is 0 Å². The second kappa shape index (κ2) is 4.61.